The van der Waals surface area contributed by atoms with Gasteiger partial charge in [0.05, 0.1) is 10.6 Å². The molecule has 0 bridgehead atoms. The van der Waals surface area contributed by atoms with Gasteiger partial charge in [0.1, 0.15) is 6.07 Å². The summed E-state index contributed by atoms with van der Waals surface area (Å²) >= 11 is 5.94. The Morgan fingerprint density at radius 2 is 2.00 bits per heavy atom. The van der Waals surface area contributed by atoms with Crippen molar-refractivity contribution in [1.29, 1.82) is 5.26 Å². The molecule has 0 aliphatic heterocycles. The molecule has 1 amide bonds. The van der Waals surface area contributed by atoms with E-state index in [9.17, 15) is 4.79 Å². The molecule has 106 valence electrons. The van der Waals surface area contributed by atoms with E-state index < -0.39 is 0 Å². The maximum absolute atomic E-state index is 12.0. The van der Waals surface area contributed by atoms with Gasteiger partial charge in [-0.3, -0.25) is 4.79 Å². The third-order valence-corrected chi connectivity index (χ3v) is 3.55. The normalized spacial score (nSPS) is 11.5. The van der Waals surface area contributed by atoms with Crippen molar-refractivity contribution in [3.63, 3.8) is 0 Å². The maximum Gasteiger partial charge on any atom is 0.224 e. The van der Waals surface area contributed by atoms with Crippen LogP contribution < -0.4 is 5.32 Å². The Balaban J connectivity index is 1.99. The van der Waals surface area contributed by atoms with Crippen LogP contribution in [0, 0.1) is 11.3 Å². The number of rotatable bonds is 4. The molecule has 2 aromatic rings. The van der Waals surface area contributed by atoms with Crippen molar-refractivity contribution < 1.29 is 4.79 Å². The fraction of sp³-hybridized carbons (Fsp3) is 0.176. The van der Waals surface area contributed by atoms with Gasteiger partial charge in [-0.2, -0.15) is 5.26 Å². The minimum absolute atomic E-state index is 0.0767. The molecule has 0 saturated carbocycles. The fourth-order valence-electron chi connectivity index (χ4n) is 2.07. The number of anilines is 1. The Kier molecular flexibility index (Phi) is 4.97. The number of halogens is 1. The highest BCUT2D eigenvalue weighted by molar-refractivity contribution is 6.32. The molecule has 0 unspecified atom stereocenters. The van der Waals surface area contributed by atoms with Crippen molar-refractivity contribution >= 4 is 23.2 Å². The Morgan fingerprint density at radius 3 is 2.62 bits per heavy atom. The molecule has 0 spiro atoms. The molecule has 0 aromatic heterocycles. The van der Waals surface area contributed by atoms with E-state index >= 15 is 0 Å². The second-order valence-corrected chi connectivity index (χ2v) is 5.28. The van der Waals surface area contributed by atoms with Gasteiger partial charge in [0.25, 0.3) is 0 Å². The second kappa shape index (κ2) is 6.92. The second-order valence-electron chi connectivity index (χ2n) is 4.87. The zero-order chi connectivity index (χ0) is 15.2. The van der Waals surface area contributed by atoms with Gasteiger partial charge >= 0.3 is 0 Å². The van der Waals surface area contributed by atoms with Gasteiger partial charge in [0, 0.05) is 12.1 Å². The molecule has 0 aliphatic carbocycles. The largest absolute Gasteiger partial charge is 0.326 e. The zero-order valence-electron chi connectivity index (χ0n) is 11.6. The van der Waals surface area contributed by atoms with Crippen molar-refractivity contribution in [1.82, 2.24) is 0 Å². The van der Waals surface area contributed by atoms with Crippen LogP contribution in [0.3, 0.4) is 0 Å². The summed E-state index contributed by atoms with van der Waals surface area (Å²) in [6.45, 7) is 2.01. The van der Waals surface area contributed by atoms with Gasteiger partial charge < -0.3 is 5.32 Å². The molecule has 0 aliphatic rings. The van der Waals surface area contributed by atoms with Crippen LogP contribution >= 0.6 is 11.6 Å². The first kappa shape index (κ1) is 15.1. The van der Waals surface area contributed by atoms with Crippen LogP contribution in [0.1, 0.15) is 30.4 Å². The number of carbonyl (C=O) groups excluding carboxylic acids is 1. The molecule has 2 aromatic carbocycles. The highest BCUT2D eigenvalue weighted by Crippen LogP contribution is 2.22. The van der Waals surface area contributed by atoms with Crippen molar-refractivity contribution in [2.75, 3.05) is 5.32 Å². The van der Waals surface area contributed by atoms with Crippen molar-refractivity contribution in [2.24, 2.45) is 0 Å². The SMILES string of the molecule is C[C@@H](CC(=O)Nc1ccc(C#N)c(Cl)c1)c1ccccc1. The van der Waals surface area contributed by atoms with Crippen LogP contribution in [0.25, 0.3) is 0 Å². The number of nitrogens with zero attached hydrogens (tertiary/aromatic N) is 1. The summed E-state index contributed by atoms with van der Waals surface area (Å²) in [6.07, 6.45) is 0.391. The predicted octanol–water partition coefficient (Wildman–Crippen LogP) is 4.34. The maximum atomic E-state index is 12.0. The molecule has 3 nitrogen and oxygen atoms in total. The number of nitriles is 1. The average Bonchev–Trinajstić information content (AvgIpc) is 2.48. The molecular formula is C17H15ClN2O. The summed E-state index contributed by atoms with van der Waals surface area (Å²) in [5, 5.41) is 12.0. The van der Waals surface area contributed by atoms with E-state index in [0.717, 1.165) is 5.56 Å². The molecule has 0 saturated heterocycles. The van der Waals surface area contributed by atoms with Gasteiger partial charge in [0.15, 0.2) is 0 Å². The Hall–Kier alpha value is -2.31. The summed E-state index contributed by atoms with van der Waals surface area (Å²) < 4.78 is 0. The first-order chi connectivity index (χ1) is 10.1. The van der Waals surface area contributed by atoms with E-state index in [1.165, 1.54) is 0 Å². The van der Waals surface area contributed by atoms with Crippen LogP contribution in [0.5, 0.6) is 0 Å². The number of amides is 1. The highest BCUT2D eigenvalue weighted by atomic mass is 35.5. The lowest BCUT2D eigenvalue weighted by molar-refractivity contribution is -0.116. The number of hydrogen-bond acceptors (Lipinski definition) is 2. The summed E-state index contributed by atoms with van der Waals surface area (Å²) in [5.41, 5.74) is 2.13. The van der Waals surface area contributed by atoms with Crippen molar-refractivity contribution in [3.8, 4) is 6.07 Å². The number of benzene rings is 2. The van der Waals surface area contributed by atoms with E-state index in [2.05, 4.69) is 5.32 Å². The van der Waals surface area contributed by atoms with E-state index in [0.29, 0.717) is 22.7 Å². The molecule has 0 radical (unpaired) electrons. The van der Waals surface area contributed by atoms with E-state index in [1.807, 2.05) is 43.3 Å². The number of hydrogen-bond donors (Lipinski definition) is 1. The van der Waals surface area contributed by atoms with Crippen molar-refractivity contribution in [3.05, 3.63) is 64.7 Å². The van der Waals surface area contributed by atoms with E-state index in [-0.39, 0.29) is 11.8 Å². The average molecular weight is 299 g/mol. The lowest BCUT2D eigenvalue weighted by Crippen LogP contribution is -2.14. The molecule has 1 atom stereocenters. The van der Waals surface area contributed by atoms with Crippen LogP contribution in [0.4, 0.5) is 5.69 Å². The molecule has 4 heteroatoms. The standard InChI is InChI=1S/C17H15ClN2O/c1-12(13-5-3-2-4-6-13)9-17(21)20-15-8-7-14(11-19)16(18)10-15/h2-8,10,12H,9H2,1H3,(H,20,21)/t12-/m0/s1. The predicted molar refractivity (Wildman–Crippen MR) is 84.3 cm³/mol. The molecule has 21 heavy (non-hydrogen) atoms. The van der Waals surface area contributed by atoms with Crippen LogP contribution in [-0.2, 0) is 4.79 Å². The van der Waals surface area contributed by atoms with Gasteiger partial charge in [-0.1, -0.05) is 48.9 Å². The molecule has 1 N–H and O–H groups in total. The van der Waals surface area contributed by atoms with Crippen LogP contribution in [0.15, 0.2) is 48.5 Å². The van der Waals surface area contributed by atoms with E-state index in [4.69, 9.17) is 16.9 Å². The lowest BCUT2D eigenvalue weighted by atomic mass is 9.97. The Bertz CT molecular complexity index is 677. The van der Waals surface area contributed by atoms with Gasteiger partial charge in [0.2, 0.25) is 5.91 Å². The van der Waals surface area contributed by atoms with Crippen LogP contribution in [-0.4, -0.2) is 5.91 Å². The first-order valence-electron chi connectivity index (χ1n) is 6.64. The lowest BCUT2D eigenvalue weighted by Gasteiger charge is -2.12. The smallest absolute Gasteiger partial charge is 0.224 e. The summed E-state index contributed by atoms with van der Waals surface area (Å²) in [6, 6.07) is 16.7. The van der Waals surface area contributed by atoms with Crippen molar-refractivity contribution in [2.45, 2.75) is 19.3 Å². The molecule has 0 heterocycles. The topological polar surface area (TPSA) is 52.9 Å². The number of carbonyl (C=O) groups is 1. The molecular weight excluding hydrogens is 284 g/mol. The summed E-state index contributed by atoms with van der Waals surface area (Å²) in [4.78, 5) is 12.0. The Morgan fingerprint density at radius 1 is 1.29 bits per heavy atom. The van der Waals surface area contributed by atoms with E-state index in [1.54, 1.807) is 18.2 Å². The third-order valence-electron chi connectivity index (χ3n) is 3.23. The van der Waals surface area contributed by atoms with Gasteiger partial charge in [-0.25, -0.2) is 0 Å². The third kappa shape index (κ3) is 4.08. The highest BCUT2D eigenvalue weighted by Gasteiger charge is 2.11. The van der Waals surface area contributed by atoms with Gasteiger partial charge in [-0.05, 0) is 29.7 Å². The molecule has 2 rings (SSSR count). The summed E-state index contributed by atoms with van der Waals surface area (Å²) in [7, 11) is 0. The quantitative estimate of drug-likeness (QED) is 0.912. The minimum atomic E-state index is -0.0767. The van der Waals surface area contributed by atoms with Crippen LogP contribution in [0.2, 0.25) is 5.02 Å². The van der Waals surface area contributed by atoms with Gasteiger partial charge in [-0.15, -0.1) is 0 Å². The molecule has 0 fully saturated rings. The minimum Gasteiger partial charge on any atom is -0.326 e. The summed E-state index contributed by atoms with van der Waals surface area (Å²) in [5.74, 6) is 0.0622. The zero-order valence-corrected chi connectivity index (χ0v) is 12.4. The monoisotopic (exact) mass is 298 g/mol. The first-order valence-corrected chi connectivity index (χ1v) is 7.02. The Labute approximate surface area is 129 Å². The fourth-order valence-corrected chi connectivity index (χ4v) is 2.30. The number of nitrogens with one attached hydrogen (secondary N) is 1.